The minimum Gasteiger partial charge on any atom is -0.489 e. The van der Waals surface area contributed by atoms with E-state index >= 15 is 0 Å². The topological polar surface area (TPSA) is 67.3 Å². The third-order valence-corrected chi connectivity index (χ3v) is 4.27. The molecule has 3 aromatic rings. The van der Waals surface area contributed by atoms with Gasteiger partial charge in [-0.3, -0.25) is 0 Å². The molecule has 3 rings (SSSR count). The number of hydrogen-bond donors (Lipinski definition) is 2. The van der Waals surface area contributed by atoms with E-state index in [2.05, 4.69) is 15.3 Å². The fourth-order valence-electron chi connectivity index (χ4n) is 2.26. The van der Waals surface area contributed by atoms with Gasteiger partial charge in [0.2, 0.25) is 0 Å². The Bertz CT molecular complexity index is 890. The molecule has 0 aliphatic carbocycles. The quantitative estimate of drug-likeness (QED) is 0.676. The monoisotopic (exact) mass is 381 g/mol. The zero-order valence-corrected chi connectivity index (χ0v) is 14.4. The van der Waals surface area contributed by atoms with Crippen LogP contribution < -0.4 is 10.1 Å². The Morgan fingerprint density at radius 3 is 2.80 bits per heavy atom. The van der Waals surface area contributed by atoms with Crippen LogP contribution in [0.2, 0.25) is 10.0 Å². The van der Waals surface area contributed by atoms with E-state index < -0.39 is 11.9 Å². The molecule has 0 aliphatic heterocycles. The van der Waals surface area contributed by atoms with Gasteiger partial charge in [-0.1, -0.05) is 35.3 Å². The molecule has 5 nitrogen and oxygen atoms in total. The average Bonchev–Trinajstić information content (AvgIpc) is 2.61. The molecule has 0 amide bonds. The molecule has 0 bridgehead atoms. The van der Waals surface area contributed by atoms with Gasteiger partial charge in [-0.15, -0.1) is 0 Å². The van der Waals surface area contributed by atoms with E-state index in [9.17, 15) is 9.50 Å². The first-order chi connectivity index (χ1) is 12.1. The summed E-state index contributed by atoms with van der Waals surface area (Å²) < 4.78 is 19.5. The van der Waals surface area contributed by atoms with E-state index in [1.54, 1.807) is 30.3 Å². The molecular weight excluding hydrogens is 368 g/mol. The number of anilines is 1. The van der Waals surface area contributed by atoms with Crippen LogP contribution in [0.25, 0.3) is 10.9 Å². The van der Waals surface area contributed by atoms with Crippen molar-refractivity contribution in [3.8, 4) is 5.75 Å². The Morgan fingerprint density at radius 2 is 1.96 bits per heavy atom. The molecule has 1 unspecified atom stereocenters. The van der Waals surface area contributed by atoms with Crippen LogP contribution in [0.5, 0.6) is 5.75 Å². The third-order valence-electron chi connectivity index (χ3n) is 3.46. The number of halogens is 3. The van der Waals surface area contributed by atoms with Gasteiger partial charge < -0.3 is 15.2 Å². The molecule has 0 aliphatic rings. The van der Waals surface area contributed by atoms with Crippen molar-refractivity contribution >= 4 is 39.9 Å². The van der Waals surface area contributed by atoms with Gasteiger partial charge in [0.25, 0.3) is 0 Å². The van der Waals surface area contributed by atoms with Crippen LogP contribution in [0.4, 0.5) is 10.2 Å². The number of benzene rings is 2. The molecule has 25 heavy (non-hydrogen) atoms. The summed E-state index contributed by atoms with van der Waals surface area (Å²) in [6.45, 7) is 0.0944. The molecule has 0 fully saturated rings. The van der Waals surface area contributed by atoms with Crippen LogP contribution in [0.1, 0.15) is 0 Å². The summed E-state index contributed by atoms with van der Waals surface area (Å²) in [5, 5.41) is 13.9. The van der Waals surface area contributed by atoms with Gasteiger partial charge in [0.15, 0.2) is 0 Å². The highest BCUT2D eigenvalue weighted by Crippen LogP contribution is 2.31. The lowest BCUT2D eigenvalue weighted by Crippen LogP contribution is -2.26. The number of hydrogen-bond acceptors (Lipinski definition) is 5. The second kappa shape index (κ2) is 7.82. The summed E-state index contributed by atoms with van der Waals surface area (Å²) in [6.07, 6.45) is 0.463. The van der Waals surface area contributed by atoms with Gasteiger partial charge in [0.05, 0.1) is 15.9 Å². The molecule has 2 aromatic carbocycles. The molecule has 0 saturated carbocycles. The van der Waals surface area contributed by atoms with Crippen molar-refractivity contribution in [1.29, 1.82) is 0 Å². The van der Waals surface area contributed by atoms with Crippen LogP contribution in [-0.2, 0) is 0 Å². The molecule has 1 heterocycles. The Hall–Kier alpha value is -2.15. The predicted molar refractivity (Wildman–Crippen MR) is 95.9 cm³/mol. The number of aromatic nitrogens is 2. The molecule has 2 N–H and O–H groups in total. The maximum absolute atomic E-state index is 14.0. The van der Waals surface area contributed by atoms with Crippen molar-refractivity contribution in [3.05, 3.63) is 58.6 Å². The van der Waals surface area contributed by atoms with Crippen molar-refractivity contribution in [2.75, 3.05) is 18.5 Å². The molecule has 130 valence electrons. The van der Waals surface area contributed by atoms with Crippen molar-refractivity contribution in [2.24, 2.45) is 0 Å². The van der Waals surface area contributed by atoms with Crippen LogP contribution in [0.15, 0.2) is 42.7 Å². The highest BCUT2D eigenvalue weighted by Gasteiger charge is 2.12. The minimum absolute atomic E-state index is 0.0153. The first kappa shape index (κ1) is 17.7. The second-order valence-corrected chi connectivity index (χ2v) is 6.04. The molecule has 0 radical (unpaired) electrons. The Kier molecular flexibility index (Phi) is 5.53. The van der Waals surface area contributed by atoms with E-state index in [0.717, 1.165) is 0 Å². The number of rotatable bonds is 6. The van der Waals surface area contributed by atoms with Gasteiger partial charge >= 0.3 is 0 Å². The lowest BCUT2D eigenvalue weighted by atomic mass is 10.2. The summed E-state index contributed by atoms with van der Waals surface area (Å²) in [7, 11) is 0. The fraction of sp³-hybridized carbons (Fsp3) is 0.176. The fourth-order valence-corrected chi connectivity index (χ4v) is 2.60. The highest BCUT2D eigenvalue weighted by molar-refractivity contribution is 6.42. The first-order valence-corrected chi connectivity index (χ1v) is 8.20. The lowest BCUT2D eigenvalue weighted by molar-refractivity contribution is 0.117. The molecule has 1 atom stereocenters. The number of nitrogens with one attached hydrogen (secondary N) is 1. The van der Waals surface area contributed by atoms with E-state index in [-0.39, 0.29) is 23.6 Å². The summed E-state index contributed by atoms with van der Waals surface area (Å²) in [6, 6.07) is 9.59. The zero-order chi connectivity index (χ0) is 17.8. The second-order valence-electron chi connectivity index (χ2n) is 5.25. The molecule has 0 spiro atoms. The van der Waals surface area contributed by atoms with Crippen LogP contribution in [0, 0.1) is 5.82 Å². The van der Waals surface area contributed by atoms with Crippen molar-refractivity contribution in [1.82, 2.24) is 9.97 Å². The minimum atomic E-state index is -0.869. The van der Waals surface area contributed by atoms with Gasteiger partial charge in [-0.25, -0.2) is 14.4 Å². The third kappa shape index (κ3) is 4.10. The van der Waals surface area contributed by atoms with E-state index in [1.165, 1.54) is 12.4 Å². The number of nitrogens with zero attached hydrogens (tertiary/aromatic N) is 2. The van der Waals surface area contributed by atoms with Crippen LogP contribution >= 0.6 is 23.2 Å². The van der Waals surface area contributed by atoms with Crippen molar-refractivity contribution in [2.45, 2.75) is 6.10 Å². The maximum Gasteiger partial charge on any atom is 0.140 e. The molecule has 1 aromatic heterocycles. The summed E-state index contributed by atoms with van der Waals surface area (Å²) in [5.41, 5.74) is 0.481. The van der Waals surface area contributed by atoms with E-state index in [1.807, 2.05) is 0 Å². The summed E-state index contributed by atoms with van der Waals surface area (Å²) >= 11 is 11.9. The summed E-state index contributed by atoms with van der Waals surface area (Å²) in [5.74, 6) is 0.256. The van der Waals surface area contributed by atoms with Gasteiger partial charge in [-0.05, 0) is 24.3 Å². The Labute approximate surface area is 153 Å². The number of aliphatic hydroxyl groups excluding tert-OH is 1. The highest BCUT2D eigenvalue weighted by atomic mass is 35.5. The van der Waals surface area contributed by atoms with Gasteiger partial charge in [0.1, 0.15) is 41.4 Å². The largest absolute Gasteiger partial charge is 0.489 e. The maximum atomic E-state index is 14.0. The number of ether oxygens (including phenoxy) is 1. The smallest absolute Gasteiger partial charge is 0.140 e. The van der Waals surface area contributed by atoms with E-state index in [0.29, 0.717) is 22.1 Å². The van der Waals surface area contributed by atoms with E-state index in [4.69, 9.17) is 27.9 Å². The number of fused-ring (bicyclic) bond motifs is 1. The summed E-state index contributed by atoms with van der Waals surface area (Å²) in [4.78, 5) is 8.05. The van der Waals surface area contributed by atoms with Crippen molar-refractivity contribution < 1.29 is 14.2 Å². The molecule has 0 saturated heterocycles. The Balaban J connectivity index is 1.63. The molecule has 8 heteroatoms. The number of aliphatic hydroxyl groups is 1. The lowest BCUT2D eigenvalue weighted by Gasteiger charge is -2.15. The Morgan fingerprint density at radius 1 is 1.16 bits per heavy atom. The normalized spacial score (nSPS) is 12.2. The van der Waals surface area contributed by atoms with Crippen molar-refractivity contribution in [3.63, 3.8) is 0 Å². The van der Waals surface area contributed by atoms with Gasteiger partial charge in [-0.2, -0.15) is 0 Å². The molecular formula is C17H14Cl2FN3O2. The van der Waals surface area contributed by atoms with Crippen LogP contribution in [-0.4, -0.2) is 34.3 Å². The first-order valence-electron chi connectivity index (χ1n) is 7.44. The average molecular weight is 382 g/mol. The van der Waals surface area contributed by atoms with Gasteiger partial charge in [0, 0.05) is 6.54 Å². The zero-order valence-electron chi connectivity index (χ0n) is 12.9. The standard InChI is InChI=1S/C17H14Cl2FN3O2/c18-11-3-1-6-14(16(11)19)25-8-10(24)7-21-17-15-12(20)4-2-5-13(15)22-9-23-17/h1-6,9-10,24H,7-8H2,(H,21,22,23). The predicted octanol–water partition coefficient (Wildman–Crippen LogP) is 3.93. The van der Waals surface area contributed by atoms with Crippen LogP contribution in [0.3, 0.4) is 0 Å². The SMILES string of the molecule is OC(CNc1ncnc2cccc(F)c12)COc1cccc(Cl)c1Cl.